The molecule has 5 nitrogen and oxygen atoms in total. The summed E-state index contributed by atoms with van der Waals surface area (Å²) in [5, 5.41) is 2.78. The second kappa shape index (κ2) is 7.39. The monoisotopic (exact) mass is 332 g/mol. The molecule has 23 heavy (non-hydrogen) atoms. The normalized spacial score (nSPS) is 11.2. The highest BCUT2D eigenvalue weighted by Crippen LogP contribution is 2.14. The molecule has 0 aliphatic carbocycles. The molecule has 0 fully saturated rings. The zero-order valence-electron chi connectivity index (χ0n) is 13.2. The molecule has 122 valence electrons. The highest BCUT2D eigenvalue weighted by Gasteiger charge is 2.13. The maximum Gasteiger partial charge on any atom is 0.240 e. The summed E-state index contributed by atoms with van der Waals surface area (Å²) in [5.74, 6) is -0.231. The number of sulfonamides is 1. The number of rotatable bonds is 6. The van der Waals surface area contributed by atoms with Crippen molar-refractivity contribution < 1.29 is 13.2 Å². The molecule has 0 aromatic heterocycles. The van der Waals surface area contributed by atoms with Gasteiger partial charge in [0, 0.05) is 18.7 Å². The standard InChI is InChI=1S/C17H20N2O3S/c1-13-10-14(2)12-15(11-13)19-17(20)8-9-18-23(21,22)16-6-4-3-5-7-16/h3-7,10-12,18H,8-9H2,1-2H3,(H,19,20). The van der Waals surface area contributed by atoms with Crippen LogP contribution in [0.1, 0.15) is 17.5 Å². The Morgan fingerprint density at radius 3 is 2.22 bits per heavy atom. The van der Waals surface area contributed by atoms with E-state index >= 15 is 0 Å². The van der Waals surface area contributed by atoms with E-state index in [9.17, 15) is 13.2 Å². The molecule has 0 aliphatic rings. The van der Waals surface area contributed by atoms with Crippen LogP contribution in [0.2, 0.25) is 0 Å². The Labute approximate surface area is 136 Å². The lowest BCUT2D eigenvalue weighted by Gasteiger charge is -2.09. The van der Waals surface area contributed by atoms with Crippen LogP contribution in [-0.4, -0.2) is 20.9 Å². The molecule has 0 saturated carbocycles. The van der Waals surface area contributed by atoms with Crippen molar-refractivity contribution in [3.05, 3.63) is 59.7 Å². The van der Waals surface area contributed by atoms with E-state index in [2.05, 4.69) is 10.0 Å². The summed E-state index contributed by atoms with van der Waals surface area (Å²) in [5.41, 5.74) is 2.84. The van der Waals surface area contributed by atoms with E-state index in [0.29, 0.717) is 0 Å². The highest BCUT2D eigenvalue weighted by atomic mass is 32.2. The third-order valence-electron chi connectivity index (χ3n) is 3.20. The lowest BCUT2D eigenvalue weighted by Crippen LogP contribution is -2.27. The van der Waals surface area contributed by atoms with E-state index in [1.165, 1.54) is 12.1 Å². The van der Waals surface area contributed by atoms with Crippen LogP contribution in [0.15, 0.2) is 53.4 Å². The molecule has 2 rings (SSSR count). The topological polar surface area (TPSA) is 75.3 Å². The van der Waals surface area contributed by atoms with Gasteiger partial charge in [0.05, 0.1) is 4.90 Å². The minimum absolute atomic E-state index is 0.0495. The Morgan fingerprint density at radius 1 is 1.00 bits per heavy atom. The third-order valence-corrected chi connectivity index (χ3v) is 4.68. The third kappa shape index (κ3) is 5.19. The van der Waals surface area contributed by atoms with Gasteiger partial charge in [0.1, 0.15) is 0 Å². The summed E-state index contributed by atoms with van der Waals surface area (Å²) in [6.07, 6.45) is 0.0685. The first kappa shape index (κ1) is 17.2. The summed E-state index contributed by atoms with van der Waals surface area (Å²) in [6, 6.07) is 13.8. The minimum atomic E-state index is -3.57. The van der Waals surface area contributed by atoms with E-state index in [4.69, 9.17) is 0 Å². The van der Waals surface area contributed by atoms with E-state index in [0.717, 1.165) is 16.8 Å². The minimum Gasteiger partial charge on any atom is -0.326 e. The van der Waals surface area contributed by atoms with Crippen molar-refractivity contribution in [1.29, 1.82) is 0 Å². The Morgan fingerprint density at radius 2 is 1.61 bits per heavy atom. The Balaban J connectivity index is 1.87. The molecule has 0 heterocycles. The zero-order valence-corrected chi connectivity index (χ0v) is 14.0. The van der Waals surface area contributed by atoms with Crippen LogP contribution < -0.4 is 10.0 Å². The smallest absolute Gasteiger partial charge is 0.240 e. The summed E-state index contributed by atoms with van der Waals surface area (Å²) in [4.78, 5) is 12.1. The molecular formula is C17H20N2O3S. The Kier molecular flexibility index (Phi) is 5.52. The number of benzene rings is 2. The van der Waals surface area contributed by atoms with Crippen molar-refractivity contribution in [2.24, 2.45) is 0 Å². The van der Waals surface area contributed by atoms with E-state index in [-0.39, 0.29) is 23.8 Å². The van der Waals surface area contributed by atoms with Crippen molar-refractivity contribution >= 4 is 21.6 Å². The summed E-state index contributed by atoms with van der Waals surface area (Å²) >= 11 is 0. The predicted octanol–water partition coefficient (Wildman–Crippen LogP) is 2.61. The SMILES string of the molecule is Cc1cc(C)cc(NC(=O)CCNS(=O)(=O)c2ccccc2)c1. The van der Waals surface area contributed by atoms with Crippen LogP contribution >= 0.6 is 0 Å². The van der Waals surface area contributed by atoms with E-state index < -0.39 is 10.0 Å². The van der Waals surface area contributed by atoms with E-state index in [1.54, 1.807) is 18.2 Å². The first-order chi connectivity index (χ1) is 10.9. The average molecular weight is 332 g/mol. The van der Waals surface area contributed by atoms with Gasteiger partial charge in [-0.2, -0.15) is 0 Å². The quantitative estimate of drug-likeness (QED) is 0.854. The van der Waals surface area contributed by atoms with Gasteiger partial charge in [-0.1, -0.05) is 24.3 Å². The number of carbonyl (C=O) groups excluding carboxylic acids is 1. The molecule has 6 heteroatoms. The van der Waals surface area contributed by atoms with Gasteiger partial charge in [-0.05, 0) is 49.2 Å². The van der Waals surface area contributed by atoms with Crippen molar-refractivity contribution in [2.75, 3.05) is 11.9 Å². The summed E-state index contributed by atoms with van der Waals surface area (Å²) < 4.78 is 26.5. The fourth-order valence-corrected chi connectivity index (χ4v) is 3.31. The number of anilines is 1. The molecule has 0 radical (unpaired) electrons. The van der Waals surface area contributed by atoms with Crippen LogP contribution in [0.5, 0.6) is 0 Å². The van der Waals surface area contributed by atoms with Crippen molar-refractivity contribution in [1.82, 2.24) is 4.72 Å². The van der Waals surface area contributed by atoms with Gasteiger partial charge in [0.25, 0.3) is 0 Å². The van der Waals surface area contributed by atoms with Gasteiger partial charge < -0.3 is 5.32 Å². The lowest BCUT2D eigenvalue weighted by atomic mass is 10.1. The van der Waals surface area contributed by atoms with Gasteiger partial charge >= 0.3 is 0 Å². The summed E-state index contributed by atoms with van der Waals surface area (Å²) in [7, 11) is -3.57. The maximum atomic E-state index is 12.0. The van der Waals surface area contributed by atoms with Crippen LogP contribution in [-0.2, 0) is 14.8 Å². The van der Waals surface area contributed by atoms with Gasteiger partial charge in [-0.3, -0.25) is 4.79 Å². The van der Waals surface area contributed by atoms with Crippen LogP contribution in [0.3, 0.4) is 0 Å². The molecular weight excluding hydrogens is 312 g/mol. The molecule has 1 amide bonds. The van der Waals surface area contributed by atoms with Gasteiger partial charge in [-0.25, -0.2) is 13.1 Å². The second-order valence-electron chi connectivity index (χ2n) is 5.39. The number of amides is 1. The molecule has 0 aliphatic heterocycles. The molecule has 0 unspecified atom stereocenters. The number of hydrogen-bond donors (Lipinski definition) is 2. The molecule has 0 atom stereocenters. The number of hydrogen-bond acceptors (Lipinski definition) is 3. The molecule has 2 aromatic rings. The lowest BCUT2D eigenvalue weighted by molar-refractivity contribution is -0.116. The summed E-state index contributed by atoms with van der Waals surface area (Å²) in [6.45, 7) is 3.96. The largest absolute Gasteiger partial charge is 0.326 e. The van der Waals surface area contributed by atoms with Crippen LogP contribution in [0.4, 0.5) is 5.69 Å². The van der Waals surface area contributed by atoms with Crippen molar-refractivity contribution in [3.63, 3.8) is 0 Å². The second-order valence-corrected chi connectivity index (χ2v) is 7.15. The molecule has 0 saturated heterocycles. The Bertz CT molecular complexity index is 766. The van der Waals surface area contributed by atoms with Crippen LogP contribution in [0, 0.1) is 13.8 Å². The van der Waals surface area contributed by atoms with Gasteiger partial charge in [0.15, 0.2) is 0 Å². The average Bonchev–Trinajstić information content (AvgIpc) is 2.46. The van der Waals surface area contributed by atoms with Crippen molar-refractivity contribution in [2.45, 2.75) is 25.2 Å². The van der Waals surface area contributed by atoms with Crippen molar-refractivity contribution in [3.8, 4) is 0 Å². The molecule has 2 aromatic carbocycles. The maximum absolute atomic E-state index is 12.0. The number of carbonyl (C=O) groups is 1. The number of aryl methyl sites for hydroxylation is 2. The van der Waals surface area contributed by atoms with Gasteiger partial charge in [-0.15, -0.1) is 0 Å². The van der Waals surface area contributed by atoms with E-state index in [1.807, 2.05) is 32.0 Å². The van der Waals surface area contributed by atoms with Crippen LogP contribution in [0.25, 0.3) is 0 Å². The predicted molar refractivity (Wildman–Crippen MR) is 90.8 cm³/mol. The van der Waals surface area contributed by atoms with Gasteiger partial charge in [0.2, 0.25) is 15.9 Å². The fraction of sp³-hybridized carbons (Fsp3) is 0.235. The highest BCUT2D eigenvalue weighted by molar-refractivity contribution is 7.89. The number of nitrogens with one attached hydrogen (secondary N) is 2. The Hall–Kier alpha value is -2.18. The molecule has 0 spiro atoms. The zero-order chi connectivity index (χ0) is 16.9. The first-order valence-corrected chi connectivity index (χ1v) is 8.78. The molecule has 2 N–H and O–H groups in total. The fourth-order valence-electron chi connectivity index (χ4n) is 2.25. The first-order valence-electron chi connectivity index (χ1n) is 7.30. The molecule has 0 bridgehead atoms.